The normalized spacial score (nSPS) is 19.8. The first-order chi connectivity index (χ1) is 9.78. The van der Waals surface area contributed by atoms with Crippen molar-refractivity contribution >= 4 is 5.91 Å². The minimum Gasteiger partial charge on any atom is -0.375 e. The van der Waals surface area contributed by atoms with E-state index in [1.54, 1.807) is 0 Å². The molecule has 1 unspecified atom stereocenters. The van der Waals surface area contributed by atoms with Gasteiger partial charge in [0, 0.05) is 32.7 Å². The molecule has 1 aliphatic heterocycles. The van der Waals surface area contributed by atoms with Gasteiger partial charge in [0.15, 0.2) is 0 Å². The number of rotatable bonds is 6. The molecule has 5 nitrogen and oxygen atoms in total. The predicted molar refractivity (Wildman–Crippen MR) is 78.1 cm³/mol. The lowest BCUT2D eigenvalue weighted by Gasteiger charge is -2.32. The van der Waals surface area contributed by atoms with Gasteiger partial charge in [0.25, 0.3) is 0 Å². The molecule has 0 saturated carbocycles. The van der Waals surface area contributed by atoms with Crippen LogP contribution in [0.15, 0.2) is 30.3 Å². The Morgan fingerprint density at radius 2 is 2.20 bits per heavy atom. The zero-order chi connectivity index (χ0) is 14.2. The van der Waals surface area contributed by atoms with Gasteiger partial charge in [-0.15, -0.1) is 0 Å². The standard InChI is InChI=1S/C15H23N3O2/c16-6-7-17-15(19)10-14-12-18(8-9-20-14)11-13-4-2-1-3-5-13/h1-5,14H,6-12,16H2,(H,17,19). The first-order valence-corrected chi connectivity index (χ1v) is 7.12. The third-order valence-electron chi connectivity index (χ3n) is 3.35. The molecule has 1 saturated heterocycles. The Hall–Kier alpha value is -1.43. The number of hydrogen-bond acceptors (Lipinski definition) is 4. The van der Waals surface area contributed by atoms with Crippen LogP contribution in [-0.2, 0) is 16.1 Å². The molecule has 5 heteroatoms. The highest BCUT2D eigenvalue weighted by Gasteiger charge is 2.22. The highest BCUT2D eigenvalue weighted by molar-refractivity contribution is 5.76. The van der Waals surface area contributed by atoms with Crippen LogP contribution in [0.5, 0.6) is 0 Å². The summed E-state index contributed by atoms with van der Waals surface area (Å²) in [5, 5.41) is 2.78. The summed E-state index contributed by atoms with van der Waals surface area (Å²) in [7, 11) is 0. The fourth-order valence-electron chi connectivity index (χ4n) is 2.38. The lowest BCUT2D eigenvalue weighted by atomic mass is 10.1. The molecule has 110 valence electrons. The third-order valence-corrected chi connectivity index (χ3v) is 3.35. The zero-order valence-electron chi connectivity index (χ0n) is 11.8. The number of amides is 1. The number of nitrogens with zero attached hydrogens (tertiary/aromatic N) is 1. The number of nitrogens with one attached hydrogen (secondary N) is 1. The largest absolute Gasteiger partial charge is 0.375 e. The molecule has 0 spiro atoms. The number of nitrogens with two attached hydrogens (primary N) is 1. The highest BCUT2D eigenvalue weighted by Crippen LogP contribution is 2.12. The van der Waals surface area contributed by atoms with Crippen LogP contribution in [0.2, 0.25) is 0 Å². The summed E-state index contributed by atoms with van der Waals surface area (Å²) in [6.45, 7) is 4.30. The first-order valence-electron chi connectivity index (χ1n) is 7.12. The molecule has 1 heterocycles. The van der Waals surface area contributed by atoms with Gasteiger partial charge in [-0.05, 0) is 5.56 Å². The molecule has 2 rings (SSSR count). The molecule has 3 N–H and O–H groups in total. The Morgan fingerprint density at radius 1 is 1.40 bits per heavy atom. The van der Waals surface area contributed by atoms with E-state index in [9.17, 15) is 4.79 Å². The SMILES string of the molecule is NCCNC(=O)CC1CN(Cc2ccccc2)CCO1. The van der Waals surface area contributed by atoms with Crippen molar-refractivity contribution < 1.29 is 9.53 Å². The van der Waals surface area contributed by atoms with E-state index in [0.29, 0.717) is 26.1 Å². The summed E-state index contributed by atoms with van der Waals surface area (Å²) in [6.07, 6.45) is 0.385. The molecule has 1 aliphatic rings. The molecule has 1 aromatic rings. The topological polar surface area (TPSA) is 67.6 Å². The minimum atomic E-state index is -0.0229. The maximum Gasteiger partial charge on any atom is 0.222 e. The molecular formula is C15H23N3O2. The van der Waals surface area contributed by atoms with Crippen molar-refractivity contribution in [1.82, 2.24) is 10.2 Å². The smallest absolute Gasteiger partial charge is 0.222 e. The van der Waals surface area contributed by atoms with Crippen LogP contribution in [0, 0.1) is 0 Å². The average Bonchev–Trinajstić information content (AvgIpc) is 2.46. The van der Waals surface area contributed by atoms with E-state index in [1.807, 2.05) is 18.2 Å². The Kier molecular flexibility index (Phi) is 5.98. The van der Waals surface area contributed by atoms with Crippen molar-refractivity contribution in [3.05, 3.63) is 35.9 Å². The summed E-state index contributed by atoms with van der Waals surface area (Å²) in [5.41, 5.74) is 6.66. The van der Waals surface area contributed by atoms with E-state index in [4.69, 9.17) is 10.5 Å². The van der Waals surface area contributed by atoms with Gasteiger partial charge in [0.05, 0.1) is 19.1 Å². The zero-order valence-corrected chi connectivity index (χ0v) is 11.8. The second-order valence-electron chi connectivity index (χ2n) is 5.06. The van der Waals surface area contributed by atoms with Gasteiger partial charge in [-0.25, -0.2) is 0 Å². The Balaban J connectivity index is 1.78. The van der Waals surface area contributed by atoms with Crippen molar-refractivity contribution in [2.24, 2.45) is 5.73 Å². The van der Waals surface area contributed by atoms with Crippen LogP contribution in [0.4, 0.5) is 0 Å². The predicted octanol–water partition coefficient (Wildman–Crippen LogP) is 0.352. The van der Waals surface area contributed by atoms with Crippen molar-refractivity contribution in [3.8, 4) is 0 Å². The van der Waals surface area contributed by atoms with Crippen LogP contribution < -0.4 is 11.1 Å². The number of benzene rings is 1. The van der Waals surface area contributed by atoms with E-state index >= 15 is 0 Å². The first kappa shape index (κ1) is 15.0. The molecule has 0 aromatic heterocycles. The maximum absolute atomic E-state index is 11.7. The third kappa shape index (κ3) is 4.92. The van der Waals surface area contributed by atoms with E-state index < -0.39 is 0 Å². The summed E-state index contributed by atoms with van der Waals surface area (Å²) in [6, 6.07) is 10.4. The number of carbonyl (C=O) groups excluding carboxylic acids is 1. The van der Waals surface area contributed by atoms with Gasteiger partial charge < -0.3 is 15.8 Å². The van der Waals surface area contributed by atoms with Gasteiger partial charge in [-0.1, -0.05) is 30.3 Å². The Labute approximate surface area is 120 Å². The van der Waals surface area contributed by atoms with Crippen molar-refractivity contribution in [3.63, 3.8) is 0 Å². The fourth-order valence-corrected chi connectivity index (χ4v) is 2.38. The molecular weight excluding hydrogens is 254 g/mol. The monoisotopic (exact) mass is 277 g/mol. The molecule has 1 atom stereocenters. The summed E-state index contributed by atoms with van der Waals surface area (Å²) in [4.78, 5) is 14.0. The quantitative estimate of drug-likeness (QED) is 0.787. The van der Waals surface area contributed by atoms with Crippen LogP contribution in [-0.4, -0.2) is 49.7 Å². The Bertz CT molecular complexity index is 411. The number of ether oxygens (including phenoxy) is 1. The number of morpholine rings is 1. The van der Waals surface area contributed by atoms with Gasteiger partial charge in [-0.3, -0.25) is 9.69 Å². The molecule has 0 bridgehead atoms. The van der Waals surface area contributed by atoms with E-state index in [2.05, 4.69) is 22.3 Å². The van der Waals surface area contributed by atoms with E-state index in [0.717, 1.165) is 19.6 Å². The average molecular weight is 277 g/mol. The van der Waals surface area contributed by atoms with Gasteiger partial charge in [0.2, 0.25) is 5.91 Å². The van der Waals surface area contributed by atoms with Crippen LogP contribution in [0.3, 0.4) is 0 Å². The minimum absolute atomic E-state index is 0.0158. The van der Waals surface area contributed by atoms with Crippen LogP contribution in [0.1, 0.15) is 12.0 Å². The Morgan fingerprint density at radius 3 is 2.95 bits per heavy atom. The van der Waals surface area contributed by atoms with Gasteiger partial charge in [0.1, 0.15) is 0 Å². The molecule has 1 aromatic carbocycles. The second-order valence-corrected chi connectivity index (χ2v) is 5.06. The molecule has 0 radical (unpaired) electrons. The molecule has 20 heavy (non-hydrogen) atoms. The fraction of sp³-hybridized carbons (Fsp3) is 0.533. The van der Waals surface area contributed by atoms with Crippen LogP contribution in [0.25, 0.3) is 0 Å². The maximum atomic E-state index is 11.7. The summed E-state index contributed by atoms with van der Waals surface area (Å²) < 4.78 is 5.66. The second kappa shape index (κ2) is 7.99. The summed E-state index contributed by atoms with van der Waals surface area (Å²) >= 11 is 0. The van der Waals surface area contributed by atoms with E-state index in [-0.39, 0.29) is 12.0 Å². The molecule has 0 aliphatic carbocycles. The lowest BCUT2D eigenvalue weighted by Crippen LogP contribution is -2.44. The van der Waals surface area contributed by atoms with Crippen LogP contribution >= 0.6 is 0 Å². The highest BCUT2D eigenvalue weighted by atomic mass is 16.5. The number of hydrogen-bond donors (Lipinski definition) is 2. The van der Waals surface area contributed by atoms with E-state index in [1.165, 1.54) is 5.56 Å². The van der Waals surface area contributed by atoms with Gasteiger partial charge >= 0.3 is 0 Å². The van der Waals surface area contributed by atoms with Gasteiger partial charge in [-0.2, -0.15) is 0 Å². The molecule has 1 fully saturated rings. The summed E-state index contributed by atoms with van der Waals surface area (Å²) in [5.74, 6) is 0.0158. The number of carbonyl (C=O) groups is 1. The van der Waals surface area contributed by atoms with Crippen molar-refractivity contribution in [2.45, 2.75) is 19.1 Å². The van der Waals surface area contributed by atoms with Crippen molar-refractivity contribution in [2.75, 3.05) is 32.8 Å². The molecule has 1 amide bonds. The van der Waals surface area contributed by atoms with Crippen molar-refractivity contribution in [1.29, 1.82) is 0 Å². The lowest BCUT2D eigenvalue weighted by molar-refractivity contribution is -0.126.